The fourth-order valence-electron chi connectivity index (χ4n) is 2.86. The fourth-order valence-corrected chi connectivity index (χ4v) is 2.86. The van der Waals surface area contributed by atoms with Crippen molar-refractivity contribution in [2.45, 2.75) is 37.1 Å². The Bertz CT molecular complexity index is 758. The van der Waals surface area contributed by atoms with E-state index in [1.807, 2.05) is 0 Å². The molecule has 0 radical (unpaired) electrons. The van der Waals surface area contributed by atoms with Crippen molar-refractivity contribution in [3.63, 3.8) is 0 Å². The van der Waals surface area contributed by atoms with Crippen molar-refractivity contribution >= 4 is 16.9 Å². The van der Waals surface area contributed by atoms with Gasteiger partial charge in [0.15, 0.2) is 5.75 Å². The van der Waals surface area contributed by atoms with Crippen LogP contribution in [0, 0.1) is 0 Å². The van der Waals surface area contributed by atoms with E-state index in [1.54, 1.807) is 24.3 Å². The summed E-state index contributed by atoms with van der Waals surface area (Å²) in [5, 5.41) is 48.6. The predicted octanol–water partition coefficient (Wildman–Crippen LogP) is -1.03. The first-order valence-electron chi connectivity index (χ1n) is 7.71. The van der Waals surface area contributed by atoms with Crippen molar-refractivity contribution < 1.29 is 39.8 Å². The maximum Gasteiger partial charge on any atom is 0.309 e. The summed E-state index contributed by atoms with van der Waals surface area (Å²) in [7, 11) is 0. The van der Waals surface area contributed by atoms with Crippen molar-refractivity contribution in [1.29, 1.82) is 0 Å². The summed E-state index contributed by atoms with van der Waals surface area (Å²) in [6.07, 6.45) is -7.50. The number of para-hydroxylation sites is 1. The molecule has 1 fully saturated rings. The van der Waals surface area contributed by atoms with Crippen LogP contribution in [0.25, 0.3) is 10.9 Å². The highest BCUT2D eigenvalue weighted by molar-refractivity contribution is 5.89. The van der Waals surface area contributed by atoms with Crippen LogP contribution in [0.15, 0.2) is 24.3 Å². The Labute approximate surface area is 142 Å². The molecular weight excluding hydrogens is 334 g/mol. The highest BCUT2D eigenvalue weighted by atomic mass is 16.7. The van der Waals surface area contributed by atoms with Gasteiger partial charge in [0.25, 0.3) is 0 Å². The number of aliphatic hydroxyl groups excluding tert-OH is 4. The fraction of sp³-hybridized carbons (Fsp3) is 0.438. The maximum atomic E-state index is 11.1. The molecule has 0 aliphatic carbocycles. The zero-order valence-electron chi connectivity index (χ0n) is 13.1. The number of fused-ring (bicyclic) bond motifs is 1. The van der Waals surface area contributed by atoms with Gasteiger partial charge in [-0.15, -0.1) is 0 Å². The third-order valence-electron chi connectivity index (χ3n) is 4.14. The van der Waals surface area contributed by atoms with Crippen LogP contribution in [-0.2, 0) is 16.0 Å². The Hall–Kier alpha value is -2.17. The molecule has 0 bridgehead atoms. The van der Waals surface area contributed by atoms with Gasteiger partial charge in [-0.25, -0.2) is 0 Å². The number of rotatable bonds is 5. The summed E-state index contributed by atoms with van der Waals surface area (Å²) in [4.78, 5) is 14.0. The molecule has 1 aliphatic heterocycles. The molecule has 9 nitrogen and oxygen atoms in total. The average Bonchev–Trinajstić information content (AvgIpc) is 2.92. The summed E-state index contributed by atoms with van der Waals surface area (Å²) >= 11 is 0. The lowest BCUT2D eigenvalue weighted by molar-refractivity contribution is -0.277. The molecule has 2 aromatic rings. The van der Waals surface area contributed by atoms with Crippen LogP contribution in [0.4, 0.5) is 0 Å². The first-order valence-corrected chi connectivity index (χ1v) is 7.71. The standard InChI is InChI=1S/C16H19NO8/c18-6-10-12(21)13(22)14(23)16(24-10)25-15-7-3-1-2-4-8(7)17-9(15)5-11(19)20/h1-4,10,12-14,16-18,21-23H,5-6H2,(H,19,20)/t10-,12-,13+,14-,16+/m1/s1. The molecule has 1 aromatic carbocycles. The number of carbonyl (C=O) groups is 1. The third-order valence-corrected chi connectivity index (χ3v) is 4.14. The third kappa shape index (κ3) is 3.32. The number of hydrogen-bond acceptors (Lipinski definition) is 7. The van der Waals surface area contributed by atoms with Gasteiger partial charge in [-0.05, 0) is 12.1 Å². The molecule has 1 aliphatic rings. The number of aromatic amines is 1. The molecular formula is C16H19NO8. The van der Waals surface area contributed by atoms with Gasteiger partial charge in [0, 0.05) is 10.9 Å². The van der Waals surface area contributed by atoms with Gasteiger partial charge in [0.1, 0.15) is 24.4 Å². The van der Waals surface area contributed by atoms with Gasteiger partial charge in [0.05, 0.1) is 18.7 Å². The van der Waals surface area contributed by atoms with E-state index in [9.17, 15) is 25.2 Å². The van der Waals surface area contributed by atoms with Gasteiger partial charge in [-0.3, -0.25) is 4.79 Å². The molecule has 0 unspecified atom stereocenters. The molecule has 6 N–H and O–H groups in total. The van der Waals surface area contributed by atoms with E-state index in [0.29, 0.717) is 10.9 Å². The molecule has 136 valence electrons. The number of H-pyrrole nitrogens is 1. The van der Waals surface area contributed by atoms with Crippen LogP contribution in [-0.4, -0.2) is 73.8 Å². The highest BCUT2D eigenvalue weighted by Crippen LogP contribution is 2.33. The van der Waals surface area contributed by atoms with Gasteiger partial charge < -0.3 is 40.0 Å². The second-order valence-corrected chi connectivity index (χ2v) is 5.86. The van der Waals surface area contributed by atoms with E-state index in [2.05, 4.69) is 4.98 Å². The predicted molar refractivity (Wildman–Crippen MR) is 84.0 cm³/mol. The second-order valence-electron chi connectivity index (χ2n) is 5.86. The van der Waals surface area contributed by atoms with Crippen LogP contribution in [0.5, 0.6) is 5.75 Å². The first kappa shape index (κ1) is 17.6. The molecule has 1 aromatic heterocycles. The van der Waals surface area contributed by atoms with Crippen molar-refractivity contribution in [2.24, 2.45) is 0 Å². The topological polar surface area (TPSA) is 152 Å². The van der Waals surface area contributed by atoms with E-state index in [-0.39, 0.29) is 17.9 Å². The number of ether oxygens (including phenoxy) is 2. The number of aliphatic hydroxyl groups is 4. The number of nitrogens with one attached hydrogen (secondary N) is 1. The molecule has 0 saturated carbocycles. The number of carboxylic acids is 1. The molecule has 9 heteroatoms. The van der Waals surface area contributed by atoms with Gasteiger partial charge in [-0.2, -0.15) is 0 Å². The zero-order valence-corrected chi connectivity index (χ0v) is 13.1. The number of hydrogen-bond donors (Lipinski definition) is 6. The normalized spacial score (nSPS) is 29.7. The summed E-state index contributed by atoms with van der Waals surface area (Å²) in [6.45, 7) is -0.583. The lowest BCUT2D eigenvalue weighted by Gasteiger charge is -2.39. The largest absolute Gasteiger partial charge is 0.481 e. The number of benzene rings is 1. The van der Waals surface area contributed by atoms with Crippen LogP contribution >= 0.6 is 0 Å². The Morgan fingerprint density at radius 3 is 2.56 bits per heavy atom. The first-order chi connectivity index (χ1) is 11.9. The molecule has 25 heavy (non-hydrogen) atoms. The quantitative estimate of drug-likeness (QED) is 0.399. The van der Waals surface area contributed by atoms with E-state index in [4.69, 9.17) is 14.6 Å². The lowest BCUT2D eigenvalue weighted by Crippen LogP contribution is -2.60. The Kier molecular flexibility index (Phi) is 4.93. The minimum atomic E-state index is -1.58. The van der Waals surface area contributed by atoms with Gasteiger partial charge in [-0.1, -0.05) is 12.1 Å². The van der Waals surface area contributed by atoms with Crippen molar-refractivity contribution in [2.75, 3.05) is 6.61 Å². The minimum Gasteiger partial charge on any atom is -0.481 e. The smallest absolute Gasteiger partial charge is 0.309 e. The van der Waals surface area contributed by atoms with E-state index < -0.39 is 43.3 Å². The van der Waals surface area contributed by atoms with E-state index in [1.165, 1.54) is 0 Å². The van der Waals surface area contributed by atoms with Crippen LogP contribution < -0.4 is 4.74 Å². The molecule has 0 spiro atoms. The van der Waals surface area contributed by atoms with Crippen molar-refractivity contribution in [3.8, 4) is 5.75 Å². The second kappa shape index (κ2) is 6.98. The average molecular weight is 353 g/mol. The summed E-state index contributed by atoms with van der Waals surface area (Å²) < 4.78 is 11.0. The molecule has 1 saturated heterocycles. The minimum absolute atomic E-state index is 0.169. The lowest BCUT2D eigenvalue weighted by atomic mass is 9.99. The highest BCUT2D eigenvalue weighted by Gasteiger charge is 2.45. The molecule has 0 amide bonds. The van der Waals surface area contributed by atoms with Crippen LogP contribution in [0.2, 0.25) is 0 Å². The van der Waals surface area contributed by atoms with E-state index >= 15 is 0 Å². The van der Waals surface area contributed by atoms with Gasteiger partial charge in [0.2, 0.25) is 6.29 Å². The Balaban J connectivity index is 1.94. The van der Waals surface area contributed by atoms with Crippen molar-refractivity contribution in [1.82, 2.24) is 4.98 Å². The number of aliphatic carboxylic acids is 1. The van der Waals surface area contributed by atoms with E-state index in [0.717, 1.165) is 0 Å². The molecule has 3 rings (SSSR count). The number of carboxylic acid groups (broad SMARTS) is 1. The number of aromatic nitrogens is 1. The Morgan fingerprint density at radius 2 is 1.88 bits per heavy atom. The maximum absolute atomic E-state index is 11.1. The zero-order chi connectivity index (χ0) is 18.1. The van der Waals surface area contributed by atoms with Crippen LogP contribution in [0.3, 0.4) is 0 Å². The summed E-state index contributed by atoms with van der Waals surface area (Å²) in [6, 6.07) is 6.94. The van der Waals surface area contributed by atoms with Gasteiger partial charge >= 0.3 is 5.97 Å². The molecule has 5 atom stereocenters. The summed E-state index contributed by atoms with van der Waals surface area (Å²) in [5.74, 6) is -0.910. The SMILES string of the molecule is O=C(O)Cc1[nH]c2ccccc2c1O[C@@H]1O[C@H](CO)[C@@H](O)[C@H](O)[C@H]1O. The monoisotopic (exact) mass is 353 g/mol. The molecule has 2 heterocycles. The van der Waals surface area contributed by atoms with Crippen molar-refractivity contribution in [3.05, 3.63) is 30.0 Å². The summed E-state index contributed by atoms with van der Waals surface area (Å²) in [5.41, 5.74) is 0.906. The van der Waals surface area contributed by atoms with Crippen LogP contribution in [0.1, 0.15) is 5.69 Å². The Morgan fingerprint density at radius 1 is 1.16 bits per heavy atom.